The Morgan fingerprint density at radius 1 is 1.29 bits per heavy atom. The van der Waals surface area contributed by atoms with Gasteiger partial charge >= 0.3 is 5.97 Å². The minimum absolute atomic E-state index is 0.00481. The van der Waals surface area contributed by atoms with Crippen molar-refractivity contribution < 1.29 is 9.53 Å². The van der Waals surface area contributed by atoms with Gasteiger partial charge in [0.1, 0.15) is 6.10 Å². The molecule has 0 aromatic heterocycles. The van der Waals surface area contributed by atoms with Gasteiger partial charge in [-0.25, -0.2) is 0 Å². The fourth-order valence-corrected chi connectivity index (χ4v) is 2.91. The van der Waals surface area contributed by atoms with Crippen molar-refractivity contribution in [2.45, 2.75) is 53.1 Å². The third-order valence-corrected chi connectivity index (χ3v) is 4.05. The average Bonchev–Trinajstić information content (AvgIpc) is 2.20. The van der Waals surface area contributed by atoms with E-state index in [9.17, 15) is 4.79 Å². The first kappa shape index (κ1) is 10.0. The van der Waals surface area contributed by atoms with Gasteiger partial charge in [0.15, 0.2) is 0 Å². The van der Waals surface area contributed by atoms with Crippen LogP contribution in [0.3, 0.4) is 0 Å². The molecular weight excluding hydrogens is 176 g/mol. The molecule has 1 saturated carbocycles. The highest BCUT2D eigenvalue weighted by molar-refractivity contribution is 5.78. The van der Waals surface area contributed by atoms with E-state index in [1.165, 1.54) is 6.42 Å². The molecule has 14 heavy (non-hydrogen) atoms. The first-order valence-corrected chi connectivity index (χ1v) is 5.54. The van der Waals surface area contributed by atoms with Crippen LogP contribution in [0, 0.1) is 16.7 Å². The summed E-state index contributed by atoms with van der Waals surface area (Å²) in [5.41, 5.74) is 0.100. The standard InChI is InChI=1S/C12H20O2/c1-11(2)6-5-8-9(7-11)14-10(13)12(8,3)4/h8-9H,5-7H2,1-4H3. The Hall–Kier alpha value is -0.530. The molecule has 1 heterocycles. The second-order valence-electron chi connectivity index (χ2n) is 6.18. The summed E-state index contributed by atoms with van der Waals surface area (Å²) in [4.78, 5) is 11.7. The van der Waals surface area contributed by atoms with Crippen molar-refractivity contribution >= 4 is 5.97 Å². The summed E-state index contributed by atoms with van der Waals surface area (Å²) in [7, 11) is 0. The van der Waals surface area contributed by atoms with E-state index in [0.29, 0.717) is 11.3 Å². The van der Waals surface area contributed by atoms with Gasteiger partial charge in [0.2, 0.25) is 0 Å². The molecular formula is C12H20O2. The van der Waals surface area contributed by atoms with Crippen molar-refractivity contribution in [3.05, 3.63) is 0 Å². The van der Waals surface area contributed by atoms with E-state index in [1.54, 1.807) is 0 Å². The van der Waals surface area contributed by atoms with Crippen molar-refractivity contribution in [1.29, 1.82) is 0 Å². The second kappa shape index (κ2) is 2.74. The molecule has 2 aliphatic rings. The molecule has 80 valence electrons. The monoisotopic (exact) mass is 196 g/mol. The molecule has 0 aromatic rings. The normalized spacial score (nSPS) is 39.0. The molecule has 1 aliphatic heterocycles. The third kappa shape index (κ3) is 1.35. The van der Waals surface area contributed by atoms with Crippen LogP contribution in [-0.2, 0) is 9.53 Å². The summed E-state index contributed by atoms with van der Waals surface area (Å²) >= 11 is 0. The van der Waals surface area contributed by atoms with Gasteiger partial charge in [-0.15, -0.1) is 0 Å². The number of fused-ring (bicyclic) bond motifs is 1. The Morgan fingerprint density at radius 3 is 2.57 bits per heavy atom. The lowest BCUT2D eigenvalue weighted by Gasteiger charge is -2.38. The maximum absolute atomic E-state index is 11.7. The minimum atomic E-state index is -0.249. The van der Waals surface area contributed by atoms with Crippen molar-refractivity contribution in [2.24, 2.45) is 16.7 Å². The van der Waals surface area contributed by atoms with E-state index in [-0.39, 0.29) is 17.5 Å². The van der Waals surface area contributed by atoms with E-state index in [2.05, 4.69) is 13.8 Å². The van der Waals surface area contributed by atoms with Gasteiger partial charge in [0, 0.05) is 5.92 Å². The molecule has 0 radical (unpaired) electrons. The van der Waals surface area contributed by atoms with Gasteiger partial charge in [0.25, 0.3) is 0 Å². The molecule has 2 nitrogen and oxygen atoms in total. The van der Waals surface area contributed by atoms with Crippen LogP contribution >= 0.6 is 0 Å². The number of carbonyl (C=O) groups is 1. The second-order valence-corrected chi connectivity index (χ2v) is 6.18. The van der Waals surface area contributed by atoms with Crippen LogP contribution in [0.1, 0.15) is 47.0 Å². The summed E-state index contributed by atoms with van der Waals surface area (Å²) in [5.74, 6) is 0.452. The zero-order chi connectivity index (χ0) is 10.6. The van der Waals surface area contributed by atoms with Crippen molar-refractivity contribution in [2.75, 3.05) is 0 Å². The number of hydrogen-bond donors (Lipinski definition) is 0. The topological polar surface area (TPSA) is 26.3 Å². The van der Waals surface area contributed by atoms with Gasteiger partial charge in [-0.3, -0.25) is 4.79 Å². The summed E-state index contributed by atoms with van der Waals surface area (Å²) in [5, 5.41) is 0. The largest absolute Gasteiger partial charge is 0.462 e. The van der Waals surface area contributed by atoms with Gasteiger partial charge in [-0.05, 0) is 38.5 Å². The van der Waals surface area contributed by atoms with Crippen LogP contribution in [0.5, 0.6) is 0 Å². The van der Waals surface area contributed by atoms with E-state index in [4.69, 9.17) is 4.74 Å². The highest BCUT2D eigenvalue weighted by Gasteiger charge is 2.53. The van der Waals surface area contributed by atoms with Crippen LogP contribution < -0.4 is 0 Å². The fraction of sp³-hybridized carbons (Fsp3) is 0.917. The molecule has 2 unspecified atom stereocenters. The van der Waals surface area contributed by atoms with Crippen molar-refractivity contribution in [3.8, 4) is 0 Å². The molecule has 2 atom stereocenters. The molecule has 2 fully saturated rings. The smallest absolute Gasteiger partial charge is 0.312 e. The zero-order valence-corrected chi connectivity index (χ0v) is 9.59. The first-order chi connectivity index (χ1) is 6.33. The zero-order valence-electron chi connectivity index (χ0n) is 9.59. The van der Waals surface area contributed by atoms with E-state index in [1.807, 2.05) is 13.8 Å². The molecule has 0 N–H and O–H groups in total. The summed E-state index contributed by atoms with van der Waals surface area (Å²) in [6, 6.07) is 0. The minimum Gasteiger partial charge on any atom is -0.462 e. The van der Waals surface area contributed by atoms with Crippen molar-refractivity contribution in [3.63, 3.8) is 0 Å². The lowest BCUT2D eigenvalue weighted by molar-refractivity contribution is -0.148. The van der Waals surface area contributed by atoms with E-state index >= 15 is 0 Å². The first-order valence-electron chi connectivity index (χ1n) is 5.54. The SMILES string of the molecule is CC1(C)CCC2C(C1)OC(=O)C2(C)C. The Kier molecular flexibility index (Phi) is 1.96. The van der Waals surface area contributed by atoms with Crippen molar-refractivity contribution in [1.82, 2.24) is 0 Å². The Balaban J connectivity index is 2.20. The van der Waals surface area contributed by atoms with E-state index in [0.717, 1.165) is 12.8 Å². The van der Waals surface area contributed by atoms with Crippen LogP contribution in [-0.4, -0.2) is 12.1 Å². The summed E-state index contributed by atoms with van der Waals surface area (Å²) in [6.07, 6.45) is 3.57. The molecule has 2 heteroatoms. The van der Waals surface area contributed by atoms with Gasteiger partial charge in [0.05, 0.1) is 5.41 Å². The lowest BCUT2D eigenvalue weighted by Crippen LogP contribution is -2.36. The van der Waals surface area contributed by atoms with Crippen LogP contribution in [0.15, 0.2) is 0 Å². The number of ether oxygens (including phenoxy) is 1. The Labute approximate surface area is 86.0 Å². The number of hydrogen-bond acceptors (Lipinski definition) is 2. The number of esters is 1. The van der Waals surface area contributed by atoms with Crippen LogP contribution in [0.4, 0.5) is 0 Å². The summed E-state index contributed by atoms with van der Waals surface area (Å²) < 4.78 is 5.48. The molecule has 0 bridgehead atoms. The quantitative estimate of drug-likeness (QED) is 0.557. The average molecular weight is 196 g/mol. The third-order valence-electron chi connectivity index (χ3n) is 4.05. The highest BCUT2D eigenvalue weighted by Crippen LogP contribution is 2.51. The molecule has 0 spiro atoms. The fourth-order valence-electron chi connectivity index (χ4n) is 2.91. The Bertz CT molecular complexity index is 265. The molecule has 0 amide bonds. The van der Waals surface area contributed by atoms with Crippen LogP contribution in [0.2, 0.25) is 0 Å². The van der Waals surface area contributed by atoms with E-state index < -0.39 is 0 Å². The van der Waals surface area contributed by atoms with Gasteiger partial charge in [-0.1, -0.05) is 13.8 Å². The molecule has 2 rings (SSSR count). The number of carbonyl (C=O) groups excluding carboxylic acids is 1. The van der Waals surface area contributed by atoms with Crippen LogP contribution in [0.25, 0.3) is 0 Å². The lowest BCUT2D eigenvalue weighted by atomic mass is 9.65. The Morgan fingerprint density at radius 2 is 1.93 bits per heavy atom. The summed E-state index contributed by atoms with van der Waals surface area (Å²) in [6.45, 7) is 8.58. The molecule has 0 aromatic carbocycles. The maximum Gasteiger partial charge on any atom is 0.312 e. The highest BCUT2D eigenvalue weighted by atomic mass is 16.6. The predicted molar refractivity (Wildman–Crippen MR) is 54.8 cm³/mol. The maximum atomic E-state index is 11.7. The molecule has 1 aliphatic carbocycles. The van der Waals surface area contributed by atoms with Gasteiger partial charge < -0.3 is 4.74 Å². The number of rotatable bonds is 0. The van der Waals surface area contributed by atoms with Gasteiger partial charge in [-0.2, -0.15) is 0 Å². The molecule has 1 saturated heterocycles. The predicted octanol–water partition coefficient (Wildman–Crippen LogP) is 2.76.